The summed E-state index contributed by atoms with van der Waals surface area (Å²) in [6.45, 7) is 3.37. The Morgan fingerprint density at radius 1 is 0.923 bits per heavy atom. The maximum atomic E-state index is 12.6. The van der Waals surface area contributed by atoms with Crippen LogP contribution in [0.5, 0.6) is 11.8 Å². The number of nitrogens with zero attached hydrogens (tertiary/aromatic N) is 2. The fraction of sp³-hybridized carbons (Fsp3) is 0.111. The molecular weight excluding hydrogens is 374 g/mol. The van der Waals surface area contributed by atoms with Gasteiger partial charge in [0.25, 0.3) is 10.0 Å². The van der Waals surface area contributed by atoms with Crippen molar-refractivity contribution >= 4 is 27.3 Å². The highest BCUT2D eigenvalue weighted by Gasteiger charge is 2.19. The number of anilines is 1. The highest BCUT2D eigenvalue weighted by atomic mass is 35.5. The highest BCUT2D eigenvalue weighted by molar-refractivity contribution is 7.92. The molecule has 1 heterocycles. The number of aryl methyl sites for hydroxylation is 2. The van der Waals surface area contributed by atoms with Gasteiger partial charge in [-0.1, -0.05) is 29.8 Å². The molecule has 0 saturated carbocycles. The van der Waals surface area contributed by atoms with Crippen LogP contribution in [0, 0.1) is 13.8 Å². The van der Waals surface area contributed by atoms with Crippen molar-refractivity contribution < 1.29 is 13.2 Å². The molecule has 1 N–H and O–H groups in total. The van der Waals surface area contributed by atoms with E-state index in [1.807, 2.05) is 18.2 Å². The van der Waals surface area contributed by atoms with Crippen LogP contribution in [-0.4, -0.2) is 18.4 Å². The predicted octanol–water partition coefficient (Wildman–Crippen LogP) is 4.34. The summed E-state index contributed by atoms with van der Waals surface area (Å²) in [5, 5.41) is 0.460. The van der Waals surface area contributed by atoms with E-state index in [1.165, 1.54) is 24.3 Å². The van der Waals surface area contributed by atoms with Crippen molar-refractivity contribution in [3.63, 3.8) is 0 Å². The predicted molar refractivity (Wildman–Crippen MR) is 100 cm³/mol. The molecule has 26 heavy (non-hydrogen) atoms. The standard InChI is InChI=1S/C18H16ClN3O3S/c1-12-17(22-26(23,24)16-10-8-14(19)9-11-16)13(2)21-18(20-12)25-15-6-4-3-5-7-15/h3-11,22H,1-2H3. The first-order chi connectivity index (χ1) is 12.3. The van der Waals surface area contributed by atoms with Gasteiger partial charge in [-0.2, -0.15) is 9.97 Å². The first-order valence-corrected chi connectivity index (χ1v) is 9.58. The molecule has 2 aromatic carbocycles. The summed E-state index contributed by atoms with van der Waals surface area (Å²) in [5.74, 6) is 0.598. The van der Waals surface area contributed by atoms with E-state index in [9.17, 15) is 8.42 Å². The summed E-state index contributed by atoms with van der Waals surface area (Å²) in [6.07, 6.45) is 0. The molecule has 0 saturated heterocycles. The Labute approximate surface area is 156 Å². The number of benzene rings is 2. The van der Waals surface area contributed by atoms with E-state index in [0.29, 0.717) is 27.8 Å². The molecule has 0 unspecified atom stereocenters. The molecule has 0 aliphatic rings. The topological polar surface area (TPSA) is 81.2 Å². The highest BCUT2D eigenvalue weighted by Crippen LogP contribution is 2.25. The van der Waals surface area contributed by atoms with Crippen molar-refractivity contribution in [2.45, 2.75) is 18.7 Å². The third-order valence-corrected chi connectivity index (χ3v) is 5.18. The smallest absolute Gasteiger partial charge is 0.322 e. The van der Waals surface area contributed by atoms with E-state index in [4.69, 9.17) is 16.3 Å². The molecule has 0 spiro atoms. The Balaban J connectivity index is 1.88. The fourth-order valence-electron chi connectivity index (χ4n) is 2.28. The van der Waals surface area contributed by atoms with Gasteiger partial charge in [0, 0.05) is 5.02 Å². The van der Waals surface area contributed by atoms with Crippen molar-refractivity contribution in [3.05, 3.63) is 71.0 Å². The second kappa shape index (κ2) is 7.31. The van der Waals surface area contributed by atoms with Gasteiger partial charge in [-0.25, -0.2) is 8.42 Å². The largest absolute Gasteiger partial charge is 0.424 e. The van der Waals surface area contributed by atoms with E-state index in [0.717, 1.165) is 0 Å². The van der Waals surface area contributed by atoms with Crippen molar-refractivity contribution in [3.8, 4) is 11.8 Å². The van der Waals surface area contributed by atoms with E-state index < -0.39 is 10.0 Å². The molecule has 3 aromatic rings. The number of aromatic nitrogens is 2. The molecule has 134 valence electrons. The Morgan fingerprint density at radius 3 is 2.08 bits per heavy atom. The van der Waals surface area contributed by atoms with Crippen LogP contribution < -0.4 is 9.46 Å². The third kappa shape index (κ3) is 4.12. The van der Waals surface area contributed by atoms with Crippen LogP contribution >= 0.6 is 11.6 Å². The second-order valence-corrected chi connectivity index (χ2v) is 7.65. The van der Waals surface area contributed by atoms with Crippen LogP contribution in [0.2, 0.25) is 5.02 Å². The molecule has 0 aliphatic carbocycles. The number of sulfonamides is 1. The summed E-state index contributed by atoms with van der Waals surface area (Å²) in [4.78, 5) is 8.58. The van der Waals surface area contributed by atoms with E-state index in [-0.39, 0.29) is 10.9 Å². The number of para-hydroxylation sites is 1. The van der Waals surface area contributed by atoms with Crippen molar-refractivity contribution in [2.24, 2.45) is 0 Å². The molecule has 0 fully saturated rings. The Morgan fingerprint density at radius 2 is 1.50 bits per heavy atom. The lowest BCUT2D eigenvalue weighted by Crippen LogP contribution is -2.16. The zero-order valence-electron chi connectivity index (χ0n) is 14.1. The zero-order valence-corrected chi connectivity index (χ0v) is 15.7. The van der Waals surface area contributed by atoms with E-state index in [2.05, 4.69) is 14.7 Å². The lowest BCUT2D eigenvalue weighted by molar-refractivity contribution is 0.439. The van der Waals surface area contributed by atoms with E-state index >= 15 is 0 Å². The summed E-state index contributed by atoms with van der Waals surface area (Å²) >= 11 is 5.81. The van der Waals surface area contributed by atoms with Crippen molar-refractivity contribution in [1.82, 2.24) is 9.97 Å². The Bertz CT molecular complexity index is 1000. The molecule has 8 heteroatoms. The molecular formula is C18H16ClN3O3S. The molecule has 0 amide bonds. The molecule has 6 nitrogen and oxygen atoms in total. The lowest BCUT2D eigenvalue weighted by Gasteiger charge is -2.13. The minimum atomic E-state index is -3.78. The van der Waals surface area contributed by atoms with Gasteiger partial charge in [0.15, 0.2) is 0 Å². The molecule has 0 bridgehead atoms. The van der Waals surface area contributed by atoms with Gasteiger partial charge in [-0.15, -0.1) is 0 Å². The Hall–Kier alpha value is -2.64. The average Bonchev–Trinajstić information content (AvgIpc) is 2.59. The quantitative estimate of drug-likeness (QED) is 0.701. The number of halogens is 1. The molecule has 0 atom stereocenters. The van der Waals surface area contributed by atoms with Gasteiger partial charge in [0.2, 0.25) is 0 Å². The number of rotatable bonds is 5. The van der Waals surface area contributed by atoms with E-state index in [1.54, 1.807) is 26.0 Å². The van der Waals surface area contributed by atoms with Crippen molar-refractivity contribution in [1.29, 1.82) is 0 Å². The Kier molecular flexibility index (Phi) is 5.11. The lowest BCUT2D eigenvalue weighted by atomic mass is 10.3. The maximum absolute atomic E-state index is 12.6. The number of nitrogens with one attached hydrogen (secondary N) is 1. The number of hydrogen-bond donors (Lipinski definition) is 1. The summed E-state index contributed by atoms with van der Waals surface area (Å²) in [5.41, 5.74) is 1.24. The third-order valence-electron chi connectivity index (χ3n) is 3.56. The summed E-state index contributed by atoms with van der Waals surface area (Å²) in [6, 6.07) is 15.2. The SMILES string of the molecule is Cc1nc(Oc2ccccc2)nc(C)c1NS(=O)(=O)c1ccc(Cl)cc1. The van der Waals surface area contributed by atoms with Crippen LogP contribution in [0.1, 0.15) is 11.4 Å². The second-order valence-electron chi connectivity index (χ2n) is 5.53. The van der Waals surface area contributed by atoms with Gasteiger partial charge < -0.3 is 4.74 Å². The maximum Gasteiger partial charge on any atom is 0.322 e. The molecule has 3 rings (SSSR count). The van der Waals surface area contributed by atoms with Crippen molar-refractivity contribution in [2.75, 3.05) is 4.72 Å². The van der Waals surface area contributed by atoms with Crippen LogP contribution in [0.4, 0.5) is 5.69 Å². The van der Waals surface area contributed by atoms with Crippen LogP contribution in [0.15, 0.2) is 59.5 Å². The fourth-order valence-corrected chi connectivity index (χ4v) is 3.58. The molecule has 1 aromatic heterocycles. The first kappa shape index (κ1) is 18.2. The first-order valence-electron chi connectivity index (χ1n) is 7.72. The van der Waals surface area contributed by atoms with Gasteiger partial charge >= 0.3 is 6.01 Å². The van der Waals surface area contributed by atoms with Crippen LogP contribution in [0.3, 0.4) is 0 Å². The average molecular weight is 390 g/mol. The minimum Gasteiger partial charge on any atom is -0.424 e. The van der Waals surface area contributed by atoms with Crippen LogP contribution in [-0.2, 0) is 10.0 Å². The van der Waals surface area contributed by atoms with Gasteiger partial charge in [0.05, 0.1) is 22.0 Å². The van der Waals surface area contributed by atoms with Gasteiger partial charge in [-0.3, -0.25) is 4.72 Å². The minimum absolute atomic E-state index is 0.102. The normalized spacial score (nSPS) is 11.2. The monoisotopic (exact) mass is 389 g/mol. The molecule has 0 aliphatic heterocycles. The molecule has 0 radical (unpaired) electrons. The summed E-state index contributed by atoms with van der Waals surface area (Å²) < 4.78 is 33.2. The van der Waals surface area contributed by atoms with Gasteiger partial charge in [0.1, 0.15) is 5.75 Å². The zero-order chi connectivity index (χ0) is 18.7. The summed E-state index contributed by atoms with van der Waals surface area (Å²) in [7, 11) is -3.78. The number of ether oxygens (including phenoxy) is 1. The number of hydrogen-bond acceptors (Lipinski definition) is 5. The van der Waals surface area contributed by atoms with Gasteiger partial charge in [-0.05, 0) is 50.2 Å². The van der Waals surface area contributed by atoms with Crippen LogP contribution in [0.25, 0.3) is 0 Å².